The number of alkyl halides is 1. The number of aryl methyl sites for hydroxylation is 1. The molecule has 1 rings (SSSR count). The van der Waals surface area contributed by atoms with Gasteiger partial charge in [0.2, 0.25) is 0 Å². The van der Waals surface area contributed by atoms with E-state index in [2.05, 4.69) is 22.0 Å². The number of carbonyl (C=O) groups is 1. The van der Waals surface area contributed by atoms with E-state index in [1.807, 2.05) is 19.1 Å². The first-order valence-electron chi connectivity index (χ1n) is 5.36. The first-order chi connectivity index (χ1) is 8.12. The van der Waals surface area contributed by atoms with E-state index in [9.17, 15) is 4.79 Å². The second-order valence-corrected chi connectivity index (χ2v) is 4.23. The van der Waals surface area contributed by atoms with Crippen molar-refractivity contribution in [1.82, 2.24) is 0 Å². The quantitative estimate of drug-likeness (QED) is 0.634. The number of benzene rings is 1. The molecule has 90 valence electrons. The van der Waals surface area contributed by atoms with Crippen LogP contribution in [-0.4, -0.2) is 12.6 Å². The largest absolute Gasteiger partial charge is 0.466 e. The highest BCUT2D eigenvalue weighted by atomic mass is 79.9. The van der Waals surface area contributed by atoms with E-state index in [0.717, 1.165) is 16.7 Å². The van der Waals surface area contributed by atoms with Gasteiger partial charge in [-0.05, 0) is 30.5 Å². The molecule has 0 saturated carbocycles. The second kappa shape index (κ2) is 6.41. The van der Waals surface area contributed by atoms with Crippen molar-refractivity contribution in [3.05, 3.63) is 34.4 Å². The molecule has 1 aromatic carbocycles. The normalized spacial score (nSPS) is 9.76. The van der Waals surface area contributed by atoms with Crippen molar-refractivity contribution in [1.29, 1.82) is 5.26 Å². The summed E-state index contributed by atoms with van der Waals surface area (Å²) < 4.78 is 4.90. The van der Waals surface area contributed by atoms with Gasteiger partial charge in [-0.15, -0.1) is 0 Å². The molecule has 0 amide bonds. The van der Waals surface area contributed by atoms with Crippen LogP contribution in [0.2, 0.25) is 0 Å². The molecule has 0 fully saturated rings. The topological polar surface area (TPSA) is 50.1 Å². The molecule has 0 unspecified atom stereocenters. The fraction of sp³-hybridized carbons (Fsp3) is 0.385. The zero-order valence-electron chi connectivity index (χ0n) is 9.92. The summed E-state index contributed by atoms with van der Waals surface area (Å²) in [4.78, 5) is 11.4. The van der Waals surface area contributed by atoms with Crippen molar-refractivity contribution < 1.29 is 9.53 Å². The molecular formula is C13H14BrNO2. The third-order valence-electron chi connectivity index (χ3n) is 2.38. The first-order valence-corrected chi connectivity index (χ1v) is 6.48. The molecule has 0 bridgehead atoms. The van der Waals surface area contributed by atoms with Gasteiger partial charge in [0.1, 0.15) is 0 Å². The van der Waals surface area contributed by atoms with Gasteiger partial charge < -0.3 is 4.74 Å². The third-order valence-corrected chi connectivity index (χ3v) is 3.03. The van der Waals surface area contributed by atoms with E-state index >= 15 is 0 Å². The van der Waals surface area contributed by atoms with Crippen LogP contribution in [-0.2, 0) is 21.3 Å². The fourth-order valence-corrected chi connectivity index (χ4v) is 2.01. The zero-order chi connectivity index (χ0) is 12.8. The summed E-state index contributed by atoms with van der Waals surface area (Å²) in [6.07, 6.45) is 0.151. The molecule has 0 heterocycles. The molecule has 17 heavy (non-hydrogen) atoms. The molecule has 4 heteroatoms. The minimum absolute atomic E-state index is 0.151. The number of halogens is 1. The van der Waals surface area contributed by atoms with Crippen LogP contribution < -0.4 is 0 Å². The van der Waals surface area contributed by atoms with Gasteiger partial charge in [0.05, 0.1) is 24.7 Å². The maximum Gasteiger partial charge on any atom is 0.310 e. The van der Waals surface area contributed by atoms with E-state index in [1.165, 1.54) is 0 Å². The van der Waals surface area contributed by atoms with Crippen LogP contribution in [0, 0.1) is 18.3 Å². The standard InChI is InChI=1S/C13H14BrNO2/c1-3-17-13(16)6-11-5-10(7-14)4-9(2)12(11)8-15/h4-5H,3,6-7H2,1-2H3. The molecule has 0 aliphatic heterocycles. The molecule has 3 nitrogen and oxygen atoms in total. The number of rotatable bonds is 4. The van der Waals surface area contributed by atoms with Crippen molar-refractivity contribution in [2.45, 2.75) is 25.6 Å². The maximum atomic E-state index is 11.4. The van der Waals surface area contributed by atoms with Gasteiger partial charge in [-0.1, -0.05) is 28.1 Å². The van der Waals surface area contributed by atoms with E-state index in [-0.39, 0.29) is 12.4 Å². The zero-order valence-corrected chi connectivity index (χ0v) is 11.5. The molecule has 0 N–H and O–H groups in total. The van der Waals surface area contributed by atoms with E-state index in [4.69, 9.17) is 10.00 Å². The van der Waals surface area contributed by atoms with Crippen molar-refractivity contribution in [3.8, 4) is 6.07 Å². The summed E-state index contributed by atoms with van der Waals surface area (Å²) in [5.41, 5.74) is 3.26. The van der Waals surface area contributed by atoms with Crippen molar-refractivity contribution in [2.75, 3.05) is 6.61 Å². The Morgan fingerprint density at radius 3 is 2.76 bits per heavy atom. The molecule has 0 saturated heterocycles. The van der Waals surface area contributed by atoms with Crippen LogP contribution in [0.1, 0.15) is 29.2 Å². The highest BCUT2D eigenvalue weighted by molar-refractivity contribution is 9.08. The summed E-state index contributed by atoms with van der Waals surface area (Å²) in [5, 5.41) is 9.80. The maximum absolute atomic E-state index is 11.4. The molecule has 0 aromatic heterocycles. The van der Waals surface area contributed by atoms with Crippen LogP contribution >= 0.6 is 15.9 Å². The second-order valence-electron chi connectivity index (χ2n) is 3.67. The number of nitrogens with zero attached hydrogens (tertiary/aromatic N) is 1. The average Bonchev–Trinajstić information content (AvgIpc) is 2.28. The minimum atomic E-state index is -0.296. The summed E-state index contributed by atoms with van der Waals surface area (Å²) in [5.74, 6) is -0.296. The van der Waals surface area contributed by atoms with Gasteiger partial charge in [-0.2, -0.15) is 5.26 Å². The first kappa shape index (κ1) is 13.7. The van der Waals surface area contributed by atoms with Crippen molar-refractivity contribution in [3.63, 3.8) is 0 Å². The SMILES string of the molecule is CCOC(=O)Cc1cc(CBr)cc(C)c1C#N. The van der Waals surface area contributed by atoms with Gasteiger partial charge in [-0.25, -0.2) is 0 Å². The van der Waals surface area contributed by atoms with E-state index in [0.29, 0.717) is 17.5 Å². The monoisotopic (exact) mass is 295 g/mol. The Morgan fingerprint density at radius 2 is 2.24 bits per heavy atom. The van der Waals surface area contributed by atoms with Crippen LogP contribution in [0.4, 0.5) is 0 Å². The van der Waals surface area contributed by atoms with Gasteiger partial charge >= 0.3 is 5.97 Å². The van der Waals surface area contributed by atoms with Gasteiger partial charge in [0.15, 0.2) is 0 Å². The Labute approximate surface area is 110 Å². The number of hydrogen-bond acceptors (Lipinski definition) is 3. The molecule has 0 radical (unpaired) electrons. The Hall–Kier alpha value is -1.34. The lowest BCUT2D eigenvalue weighted by Gasteiger charge is -2.09. The van der Waals surface area contributed by atoms with Crippen LogP contribution in [0.5, 0.6) is 0 Å². The van der Waals surface area contributed by atoms with Crippen LogP contribution in [0.25, 0.3) is 0 Å². The Balaban J connectivity index is 3.08. The van der Waals surface area contributed by atoms with Gasteiger partial charge in [0.25, 0.3) is 0 Å². The fourth-order valence-electron chi connectivity index (χ4n) is 1.69. The minimum Gasteiger partial charge on any atom is -0.466 e. The van der Waals surface area contributed by atoms with E-state index < -0.39 is 0 Å². The predicted octanol–water partition coefficient (Wildman–Crippen LogP) is 2.87. The molecule has 0 aliphatic rings. The molecule has 0 atom stereocenters. The van der Waals surface area contributed by atoms with Gasteiger partial charge in [0, 0.05) is 5.33 Å². The Morgan fingerprint density at radius 1 is 1.53 bits per heavy atom. The molecule has 1 aromatic rings. The molecule has 0 spiro atoms. The Kier molecular flexibility index (Phi) is 5.17. The van der Waals surface area contributed by atoms with Crippen molar-refractivity contribution in [2.24, 2.45) is 0 Å². The van der Waals surface area contributed by atoms with Crippen LogP contribution in [0.3, 0.4) is 0 Å². The van der Waals surface area contributed by atoms with Crippen molar-refractivity contribution >= 4 is 21.9 Å². The number of carbonyl (C=O) groups excluding carboxylic acids is 1. The highest BCUT2D eigenvalue weighted by Gasteiger charge is 2.12. The molecule has 0 aliphatic carbocycles. The average molecular weight is 296 g/mol. The number of nitriles is 1. The predicted molar refractivity (Wildman–Crippen MR) is 68.9 cm³/mol. The smallest absolute Gasteiger partial charge is 0.310 e. The molecular weight excluding hydrogens is 282 g/mol. The lowest BCUT2D eigenvalue weighted by atomic mass is 9.98. The summed E-state index contributed by atoms with van der Waals surface area (Å²) in [6, 6.07) is 5.96. The summed E-state index contributed by atoms with van der Waals surface area (Å²) in [6.45, 7) is 4.00. The summed E-state index contributed by atoms with van der Waals surface area (Å²) in [7, 11) is 0. The highest BCUT2D eigenvalue weighted by Crippen LogP contribution is 2.19. The number of ether oxygens (including phenoxy) is 1. The third kappa shape index (κ3) is 3.57. The van der Waals surface area contributed by atoms with Crippen LogP contribution in [0.15, 0.2) is 12.1 Å². The Bertz CT molecular complexity index is 463. The van der Waals surface area contributed by atoms with Gasteiger partial charge in [-0.3, -0.25) is 4.79 Å². The number of esters is 1. The summed E-state index contributed by atoms with van der Waals surface area (Å²) >= 11 is 3.37. The van der Waals surface area contributed by atoms with E-state index in [1.54, 1.807) is 6.92 Å². The lowest BCUT2D eigenvalue weighted by Crippen LogP contribution is -2.09. The number of hydrogen-bond donors (Lipinski definition) is 0. The lowest BCUT2D eigenvalue weighted by molar-refractivity contribution is -0.142.